The summed E-state index contributed by atoms with van der Waals surface area (Å²) in [4.78, 5) is 10.8. The summed E-state index contributed by atoms with van der Waals surface area (Å²) in [5.41, 5.74) is 6.69. The summed E-state index contributed by atoms with van der Waals surface area (Å²) in [5, 5.41) is 20.8. The maximum Gasteiger partial charge on any atom is 0.217 e. The van der Waals surface area contributed by atoms with Gasteiger partial charge in [-0.15, -0.1) is 0 Å². The van der Waals surface area contributed by atoms with Crippen molar-refractivity contribution in [2.45, 2.75) is 82.8 Å². The lowest BCUT2D eigenvalue weighted by Gasteiger charge is -2.19. The minimum Gasteiger partial charge on any atom is -0.392 e. The number of nitrogens with two attached hydrogens (primary N) is 1. The van der Waals surface area contributed by atoms with E-state index >= 15 is 0 Å². The monoisotopic (exact) mass is 361 g/mol. The molecule has 0 aromatic carbocycles. The lowest BCUT2D eigenvalue weighted by Crippen LogP contribution is -2.19. The summed E-state index contributed by atoms with van der Waals surface area (Å²) in [6, 6.07) is 0. The summed E-state index contributed by atoms with van der Waals surface area (Å²) >= 11 is 0. The molecule has 0 unspecified atom stereocenters. The van der Waals surface area contributed by atoms with Gasteiger partial charge in [-0.05, 0) is 69.1 Å². The molecule has 4 heteroatoms. The van der Waals surface area contributed by atoms with Crippen molar-refractivity contribution in [3.8, 4) is 0 Å². The zero-order valence-corrected chi connectivity index (χ0v) is 15.9. The minimum absolute atomic E-state index is 0.191. The van der Waals surface area contributed by atoms with Gasteiger partial charge in [-0.25, -0.2) is 0 Å². The number of allylic oxidation sites excluding steroid dienone is 2. The van der Waals surface area contributed by atoms with Crippen LogP contribution in [0.3, 0.4) is 0 Å². The van der Waals surface area contributed by atoms with Gasteiger partial charge in [0, 0.05) is 12.3 Å². The highest BCUT2D eigenvalue weighted by Crippen LogP contribution is 2.50. The number of amides is 1. The minimum atomic E-state index is -0.342. The number of hydrogen-bond donors (Lipinski definition) is 3. The number of primary amides is 1. The van der Waals surface area contributed by atoms with Crippen molar-refractivity contribution in [1.82, 2.24) is 0 Å². The van der Waals surface area contributed by atoms with E-state index in [1.54, 1.807) is 0 Å². The van der Waals surface area contributed by atoms with Crippen LogP contribution in [0.2, 0.25) is 0 Å². The fourth-order valence-corrected chi connectivity index (χ4v) is 5.39. The molecule has 3 rings (SSSR count). The van der Waals surface area contributed by atoms with Crippen molar-refractivity contribution in [1.29, 1.82) is 0 Å². The lowest BCUT2D eigenvalue weighted by atomic mass is 9.89. The molecule has 4 nitrogen and oxygen atoms in total. The Bertz CT molecular complexity index is 536. The van der Waals surface area contributed by atoms with Gasteiger partial charge < -0.3 is 15.9 Å². The van der Waals surface area contributed by atoms with Gasteiger partial charge in [-0.2, -0.15) is 0 Å². The van der Waals surface area contributed by atoms with E-state index in [1.807, 2.05) is 6.08 Å². The predicted molar refractivity (Wildman–Crippen MR) is 103 cm³/mol. The Balaban J connectivity index is 1.49. The van der Waals surface area contributed by atoms with Crippen LogP contribution >= 0.6 is 0 Å². The maximum absolute atomic E-state index is 10.8. The van der Waals surface area contributed by atoms with Crippen LogP contribution in [0, 0.1) is 23.7 Å². The van der Waals surface area contributed by atoms with Gasteiger partial charge in [-0.1, -0.05) is 36.6 Å². The molecule has 4 N–H and O–H groups in total. The van der Waals surface area contributed by atoms with E-state index in [9.17, 15) is 15.0 Å². The number of unbranched alkanes of at least 4 members (excludes halogenated alkanes) is 2. The van der Waals surface area contributed by atoms with E-state index in [0.717, 1.165) is 51.4 Å². The number of carbonyl (C=O) groups excluding carboxylic acids is 1. The summed E-state index contributed by atoms with van der Waals surface area (Å²) in [7, 11) is 0. The standard InChI is InChI=1S/C22H35NO3/c23-22(26)9-3-1-2-6-15-12-17-14-21(25)18(19(17)13-15)10-11-20(24)16-7-4-5-8-16/h6,10-11,16-21,24-25H,1-5,7-9,12-14H2,(H2,23,26)/t17-,18+,19-,20+,21+/m0/s1. The number of carbonyl (C=O) groups is 1. The molecule has 0 saturated heterocycles. The topological polar surface area (TPSA) is 83.6 Å². The molecule has 3 aliphatic rings. The molecule has 0 bridgehead atoms. The Morgan fingerprint density at radius 2 is 2.00 bits per heavy atom. The molecule has 3 fully saturated rings. The third-order valence-electron chi connectivity index (χ3n) is 6.83. The molecule has 3 saturated carbocycles. The highest BCUT2D eigenvalue weighted by molar-refractivity contribution is 5.73. The Kier molecular flexibility index (Phi) is 6.93. The fourth-order valence-electron chi connectivity index (χ4n) is 5.39. The first-order valence-electron chi connectivity index (χ1n) is 10.5. The molecule has 3 aliphatic carbocycles. The maximum atomic E-state index is 10.8. The average molecular weight is 362 g/mol. The first-order chi connectivity index (χ1) is 12.5. The summed E-state index contributed by atoms with van der Waals surface area (Å²) < 4.78 is 0. The Labute approximate surface area is 157 Å². The molecule has 0 spiro atoms. The van der Waals surface area contributed by atoms with E-state index < -0.39 is 0 Å². The van der Waals surface area contributed by atoms with E-state index in [4.69, 9.17) is 5.73 Å². The number of rotatable bonds is 8. The zero-order chi connectivity index (χ0) is 18.5. The van der Waals surface area contributed by atoms with Gasteiger partial charge >= 0.3 is 0 Å². The second-order valence-corrected chi connectivity index (χ2v) is 8.71. The van der Waals surface area contributed by atoms with Crippen molar-refractivity contribution >= 4 is 5.91 Å². The molecular weight excluding hydrogens is 326 g/mol. The summed E-state index contributed by atoms with van der Waals surface area (Å²) in [5.74, 6) is 1.50. The number of hydrogen-bond acceptors (Lipinski definition) is 3. The second-order valence-electron chi connectivity index (χ2n) is 8.71. The fraction of sp³-hybridized carbons (Fsp3) is 0.773. The van der Waals surface area contributed by atoms with E-state index in [0.29, 0.717) is 24.2 Å². The lowest BCUT2D eigenvalue weighted by molar-refractivity contribution is -0.118. The Morgan fingerprint density at radius 1 is 1.23 bits per heavy atom. The molecule has 5 atom stereocenters. The van der Waals surface area contributed by atoms with Crippen molar-refractivity contribution in [3.05, 3.63) is 23.8 Å². The van der Waals surface area contributed by atoms with Crippen LogP contribution < -0.4 is 5.73 Å². The zero-order valence-electron chi connectivity index (χ0n) is 15.9. The first-order valence-corrected chi connectivity index (χ1v) is 10.5. The van der Waals surface area contributed by atoms with E-state index in [-0.39, 0.29) is 24.0 Å². The molecule has 1 amide bonds. The van der Waals surface area contributed by atoms with Crippen LogP contribution in [-0.2, 0) is 4.79 Å². The highest BCUT2D eigenvalue weighted by atomic mass is 16.3. The third kappa shape index (κ3) is 4.98. The molecule has 0 heterocycles. The SMILES string of the molecule is NC(=O)CCCCC=C1C[C@H]2C[C@@H](O)[C@H](C=C[C@@H](O)C3CCCC3)[C@H]2C1. The van der Waals surface area contributed by atoms with Crippen molar-refractivity contribution in [2.75, 3.05) is 0 Å². The van der Waals surface area contributed by atoms with Gasteiger partial charge in [0.2, 0.25) is 5.91 Å². The highest BCUT2D eigenvalue weighted by Gasteiger charge is 2.45. The smallest absolute Gasteiger partial charge is 0.217 e. The van der Waals surface area contributed by atoms with Crippen LogP contribution in [-0.4, -0.2) is 28.3 Å². The molecule has 0 radical (unpaired) electrons. The molecule has 0 aromatic heterocycles. The van der Waals surface area contributed by atoms with Crippen LogP contribution in [0.4, 0.5) is 0 Å². The Hall–Kier alpha value is -1.13. The number of aliphatic hydroxyl groups excluding tert-OH is 2. The van der Waals surface area contributed by atoms with Gasteiger partial charge in [-0.3, -0.25) is 4.79 Å². The van der Waals surface area contributed by atoms with Crippen molar-refractivity contribution in [3.63, 3.8) is 0 Å². The largest absolute Gasteiger partial charge is 0.392 e. The van der Waals surface area contributed by atoms with E-state index in [1.165, 1.54) is 18.4 Å². The quantitative estimate of drug-likeness (QED) is 0.457. The van der Waals surface area contributed by atoms with Gasteiger partial charge in [0.25, 0.3) is 0 Å². The van der Waals surface area contributed by atoms with Gasteiger partial charge in [0.15, 0.2) is 0 Å². The van der Waals surface area contributed by atoms with E-state index in [2.05, 4.69) is 12.2 Å². The first kappa shape index (κ1) is 19.6. The molecular formula is C22H35NO3. The third-order valence-corrected chi connectivity index (χ3v) is 6.83. The normalized spacial score (nSPS) is 34.8. The van der Waals surface area contributed by atoms with Crippen LogP contribution in [0.25, 0.3) is 0 Å². The van der Waals surface area contributed by atoms with Crippen LogP contribution in [0.15, 0.2) is 23.8 Å². The Morgan fingerprint density at radius 3 is 2.73 bits per heavy atom. The average Bonchev–Trinajstić information content (AvgIpc) is 3.29. The number of aliphatic hydroxyl groups is 2. The molecule has 146 valence electrons. The van der Waals surface area contributed by atoms with Gasteiger partial charge in [0.05, 0.1) is 12.2 Å². The molecule has 26 heavy (non-hydrogen) atoms. The van der Waals surface area contributed by atoms with Crippen LogP contribution in [0.1, 0.15) is 70.6 Å². The van der Waals surface area contributed by atoms with Crippen molar-refractivity contribution < 1.29 is 15.0 Å². The summed E-state index contributed by atoms with van der Waals surface area (Å²) in [6.07, 6.45) is 17.0. The second kappa shape index (κ2) is 9.18. The van der Waals surface area contributed by atoms with Crippen molar-refractivity contribution in [2.24, 2.45) is 29.4 Å². The summed E-state index contributed by atoms with van der Waals surface area (Å²) in [6.45, 7) is 0. The predicted octanol–water partition coefficient (Wildman–Crippen LogP) is 3.47. The number of fused-ring (bicyclic) bond motifs is 1. The molecule has 0 aromatic rings. The van der Waals surface area contributed by atoms with Gasteiger partial charge in [0.1, 0.15) is 0 Å². The molecule has 0 aliphatic heterocycles. The van der Waals surface area contributed by atoms with Crippen LogP contribution in [0.5, 0.6) is 0 Å².